The average Bonchev–Trinajstić information content (AvgIpc) is 3.10. The third-order valence-corrected chi connectivity index (χ3v) is 7.90. The molecule has 1 heterocycles. The Bertz CT molecular complexity index is 1250. The van der Waals surface area contributed by atoms with Crippen LogP contribution in [0.15, 0.2) is 71.6 Å². The fraction of sp³-hybridized carbons (Fsp3) is 0.240. The normalized spacial score (nSPS) is 15.6. The number of rotatable bonds is 4. The van der Waals surface area contributed by atoms with Crippen LogP contribution in [-0.4, -0.2) is 27.4 Å². The Kier molecular flexibility index (Phi) is 5.35. The van der Waals surface area contributed by atoms with Crippen LogP contribution < -0.4 is 9.21 Å². The summed E-state index contributed by atoms with van der Waals surface area (Å²) < 4.78 is 27.9. The van der Waals surface area contributed by atoms with E-state index in [0.29, 0.717) is 17.7 Å². The van der Waals surface area contributed by atoms with Crippen molar-refractivity contribution in [2.75, 3.05) is 16.3 Å². The minimum absolute atomic E-state index is 0.122. The van der Waals surface area contributed by atoms with Crippen molar-refractivity contribution in [2.45, 2.75) is 38.1 Å². The number of anilines is 2. The molecule has 1 atom stereocenters. The molecule has 5 nitrogen and oxygen atoms in total. The van der Waals surface area contributed by atoms with Gasteiger partial charge >= 0.3 is 0 Å². The number of carbonyl (C=O) groups is 1. The molecular formula is C25H26N2O3S. The molecule has 0 N–H and O–H groups in total. The highest BCUT2D eigenvalue weighted by atomic mass is 32.2. The first-order valence-electron chi connectivity index (χ1n) is 10.3. The maximum absolute atomic E-state index is 13.2. The number of hydrogen-bond donors (Lipinski definition) is 0. The summed E-state index contributed by atoms with van der Waals surface area (Å²) >= 11 is 0. The SMILES string of the molecule is Cc1ccc(N(C)C(=O)c2ccc3c(c2)C[C@@H](C)N3S(=O)(=O)c2ccccc2)cc1C. The summed E-state index contributed by atoms with van der Waals surface area (Å²) in [7, 11) is -1.91. The van der Waals surface area contributed by atoms with Crippen LogP contribution in [-0.2, 0) is 16.4 Å². The zero-order valence-corrected chi connectivity index (χ0v) is 19.0. The highest BCUT2D eigenvalue weighted by molar-refractivity contribution is 7.92. The van der Waals surface area contributed by atoms with Crippen molar-refractivity contribution in [3.8, 4) is 0 Å². The molecule has 3 aromatic carbocycles. The molecule has 4 rings (SSSR count). The maximum atomic E-state index is 13.2. The lowest BCUT2D eigenvalue weighted by Gasteiger charge is -2.24. The van der Waals surface area contributed by atoms with Crippen molar-refractivity contribution in [1.82, 2.24) is 0 Å². The number of nitrogens with zero attached hydrogens (tertiary/aromatic N) is 2. The van der Waals surface area contributed by atoms with Crippen molar-refractivity contribution in [3.63, 3.8) is 0 Å². The van der Waals surface area contributed by atoms with Gasteiger partial charge in [0.2, 0.25) is 0 Å². The van der Waals surface area contributed by atoms with Gasteiger partial charge in [-0.05, 0) is 86.3 Å². The van der Waals surface area contributed by atoms with Crippen molar-refractivity contribution in [1.29, 1.82) is 0 Å². The van der Waals surface area contributed by atoms with E-state index in [4.69, 9.17) is 0 Å². The lowest BCUT2D eigenvalue weighted by Crippen LogP contribution is -2.35. The molecule has 0 aromatic heterocycles. The summed E-state index contributed by atoms with van der Waals surface area (Å²) in [5.41, 5.74) is 5.19. The summed E-state index contributed by atoms with van der Waals surface area (Å²) in [6.07, 6.45) is 0.565. The Morgan fingerprint density at radius 3 is 2.35 bits per heavy atom. The average molecular weight is 435 g/mol. The molecular weight excluding hydrogens is 408 g/mol. The van der Waals surface area contributed by atoms with Crippen LogP contribution in [0.25, 0.3) is 0 Å². The Hall–Kier alpha value is -3.12. The first-order valence-corrected chi connectivity index (χ1v) is 11.7. The lowest BCUT2D eigenvalue weighted by molar-refractivity contribution is 0.0993. The van der Waals surface area contributed by atoms with Crippen LogP contribution in [0, 0.1) is 13.8 Å². The van der Waals surface area contributed by atoms with Crippen LogP contribution in [0.3, 0.4) is 0 Å². The quantitative estimate of drug-likeness (QED) is 0.597. The number of benzene rings is 3. The summed E-state index contributed by atoms with van der Waals surface area (Å²) in [4.78, 5) is 15.0. The predicted octanol–water partition coefficient (Wildman–Crippen LogP) is 4.72. The Morgan fingerprint density at radius 1 is 0.968 bits per heavy atom. The fourth-order valence-electron chi connectivity index (χ4n) is 4.05. The van der Waals surface area contributed by atoms with Gasteiger partial charge in [-0.25, -0.2) is 8.42 Å². The number of amides is 1. The van der Waals surface area contributed by atoms with E-state index in [2.05, 4.69) is 0 Å². The number of aryl methyl sites for hydroxylation is 2. The molecule has 31 heavy (non-hydrogen) atoms. The molecule has 0 saturated carbocycles. The zero-order chi connectivity index (χ0) is 22.3. The minimum atomic E-state index is -3.66. The molecule has 1 amide bonds. The first-order chi connectivity index (χ1) is 14.7. The van der Waals surface area contributed by atoms with E-state index >= 15 is 0 Å². The van der Waals surface area contributed by atoms with Gasteiger partial charge in [0.05, 0.1) is 10.6 Å². The molecule has 3 aromatic rings. The summed E-state index contributed by atoms with van der Waals surface area (Å²) in [6.45, 7) is 5.96. The lowest BCUT2D eigenvalue weighted by atomic mass is 10.1. The molecule has 1 aliphatic heterocycles. The predicted molar refractivity (Wildman–Crippen MR) is 124 cm³/mol. The third-order valence-electron chi connectivity index (χ3n) is 5.96. The summed E-state index contributed by atoms with van der Waals surface area (Å²) in [5, 5.41) is 0. The molecule has 1 aliphatic rings. The number of fused-ring (bicyclic) bond motifs is 1. The van der Waals surface area contributed by atoms with E-state index in [0.717, 1.165) is 16.8 Å². The van der Waals surface area contributed by atoms with E-state index in [1.165, 1.54) is 9.87 Å². The van der Waals surface area contributed by atoms with Gasteiger partial charge in [-0.15, -0.1) is 0 Å². The Morgan fingerprint density at radius 2 is 1.68 bits per heavy atom. The van der Waals surface area contributed by atoms with Crippen LogP contribution in [0.2, 0.25) is 0 Å². The van der Waals surface area contributed by atoms with Gasteiger partial charge in [0.15, 0.2) is 0 Å². The molecule has 0 radical (unpaired) electrons. The van der Waals surface area contributed by atoms with Gasteiger partial charge < -0.3 is 4.90 Å². The smallest absolute Gasteiger partial charge is 0.264 e. The minimum Gasteiger partial charge on any atom is -0.311 e. The van der Waals surface area contributed by atoms with Crippen LogP contribution in [0.5, 0.6) is 0 Å². The molecule has 0 fully saturated rings. The van der Waals surface area contributed by atoms with Gasteiger partial charge in [-0.1, -0.05) is 24.3 Å². The second-order valence-electron chi connectivity index (χ2n) is 8.14. The Labute approximate surface area is 184 Å². The second-order valence-corrected chi connectivity index (χ2v) is 9.96. The zero-order valence-electron chi connectivity index (χ0n) is 18.2. The van der Waals surface area contributed by atoms with E-state index in [1.54, 1.807) is 54.4 Å². The van der Waals surface area contributed by atoms with E-state index in [-0.39, 0.29) is 16.8 Å². The van der Waals surface area contributed by atoms with Crippen molar-refractivity contribution >= 4 is 27.3 Å². The summed E-state index contributed by atoms with van der Waals surface area (Å²) in [5.74, 6) is -0.122. The number of hydrogen-bond acceptors (Lipinski definition) is 3. The molecule has 0 aliphatic carbocycles. The fourth-order valence-corrected chi connectivity index (χ4v) is 5.77. The van der Waals surface area contributed by atoms with Crippen LogP contribution in [0.4, 0.5) is 11.4 Å². The largest absolute Gasteiger partial charge is 0.311 e. The molecule has 0 saturated heterocycles. The third kappa shape index (κ3) is 3.72. The van der Waals surface area contributed by atoms with Crippen LogP contribution in [0.1, 0.15) is 34.0 Å². The monoisotopic (exact) mass is 434 g/mol. The van der Waals surface area contributed by atoms with Gasteiger partial charge in [0, 0.05) is 24.3 Å². The standard InChI is InChI=1S/C25H26N2O3S/c1-17-10-12-22(14-18(17)2)26(4)25(28)20-11-13-24-21(16-20)15-19(3)27(24)31(29,30)23-8-6-5-7-9-23/h5-14,16,19H,15H2,1-4H3/t19-/m1/s1. The van der Waals surface area contributed by atoms with Crippen molar-refractivity contribution < 1.29 is 13.2 Å². The molecule has 0 unspecified atom stereocenters. The van der Waals surface area contributed by atoms with Crippen LogP contribution >= 0.6 is 0 Å². The van der Waals surface area contributed by atoms with E-state index < -0.39 is 10.0 Å². The molecule has 0 spiro atoms. The summed E-state index contributed by atoms with van der Waals surface area (Å²) in [6, 6.07) is 19.5. The highest BCUT2D eigenvalue weighted by Crippen LogP contribution is 2.37. The molecule has 6 heteroatoms. The molecule has 0 bridgehead atoms. The maximum Gasteiger partial charge on any atom is 0.264 e. The van der Waals surface area contributed by atoms with Gasteiger partial charge in [-0.2, -0.15) is 0 Å². The topological polar surface area (TPSA) is 57.7 Å². The van der Waals surface area contributed by atoms with Gasteiger partial charge in [0.1, 0.15) is 0 Å². The van der Waals surface area contributed by atoms with Gasteiger partial charge in [0.25, 0.3) is 15.9 Å². The van der Waals surface area contributed by atoms with E-state index in [1.807, 2.05) is 45.0 Å². The number of carbonyl (C=O) groups excluding carboxylic acids is 1. The van der Waals surface area contributed by atoms with Crippen molar-refractivity contribution in [3.05, 3.63) is 89.0 Å². The second kappa shape index (κ2) is 7.85. The Balaban J connectivity index is 1.66. The van der Waals surface area contributed by atoms with E-state index in [9.17, 15) is 13.2 Å². The highest BCUT2D eigenvalue weighted by Gasteiger charge is 2.36. The number of sulfonamides is 1. The van der Waals surface area contributed by atoms with Crippen molar-refractivity contribution in [2.24, 2.45) is 0 Å². The first kappa shape index (κ1) is 21.1. The van der Waals surface area contributed by atoms with Gasteiger partial charge in [-0.3, -0.25) is 9.10 Å². The molecule has 160 valence electrons.